The topological polar surface area (TPSA) is 38.9 Å². The molecule has 1 aromatic carbocycles. The van der Waals surface area contributed by atoms with Crippen LogP contribution in [0.5, 0.6) is 0 Å². The Morgan fingerprint density at radius 2 is 2.00 bits per heavy atom. The van der Waals surface area contributed by atoms with Crippen LogP contribution >= 0.6 is 11.6 Å². The van der Waals surface area contributed by atoms with Crippen LogP contribution < -0.4 is 5.73 Å². The third-order valence-corrected chi connectivity index (χ3v) is 2.71. The van der Waals surface area contributed by atoms with Gasteiger partial charge < -0.3 is 5.73 Å². The molecule has 0 atom stereocenters. The van der Waals surface area contributed by atoms with Gasteiger partial charge in [-0.25, -0.2) is 4.39 Å². The van der Waals surface area contributed by atoms with Gasteiger partial charge in [0.15, 0.2) is 0 Å². The molecule has 16 heavy (non-hydrogen) atoms. The summed E-state index contributed by atoms with van der Waals surface area (Å²) in [5.41, 5.74) is 8.24. The van der Waals surface area contributed by atoms with Gasteiger partial charge in [0, 0.05) is 22.3 Å². The summed E-state index contributed by atoms with van der Waals surface area (Å²) in [4.78, 5) is 3.96. The number of nitrogen functional groups attached to an aromatic ring is 1. The minimum atomic E-state index is -0.372. The van der Waals surface area contributed by atoms with Crippen molar-refractivity contribution in [3.63, 3.8) is 0 Å². The van der Waals surface area contributed by atoms with Crippen LogP contribution in [-0.4, -0.2) is 4.98 Å². The molecule has 82 valence electrons. The maximum absolute atomic E-state index is 13.7. The van der Waals surface area contributed by atoms with Crippen molar-refractivity contribution in [1.29, 1.82) is 0 Å². The molecule has 0 aliphatic heterocycles. The molecule has 4 heteroatoms. The molecule has 0 amide bonds. The van der Waals surface area contributed by atoms with E-state index >= 15 is 0 Å². The summed E-state index contributed by atoms with van der Waals surface area (Å²) in [6.07, 6.45) is 3.14. The average molecular weight is 237 g/mol. The molecule has 2 aromatic rings. The van der Waals surface area contributed by atoms with E-state index in [1.165, 1.54) is 6.07 Å². The van der Waals surface area contributed by atoms with Crippen LogP contribution in [0.3, 0.4) is 0 Å². The van der Waals surface area contributed by atoms with Gasteiger partial charge in [0.2, 0.25) is 0 Å². The Labute approximate surface area is 97.9 Å². The zero-order valence-corrected chi connectivity index (χ0v) is 9.42. The van der Waals surface area contributed by atoms with E-state index in [4.69, 9.17) is 17.3 Å². The van der Waals surface area contributed by atoms with E-state index < -0.39 is 0 Å². The minimum absolute atomic E-state index is 0.371. The van der Waals surface area contributed by atoms with Crippen LogP contribution in [0.4, 0.5) is 10.1 Å². The second-order valence-corrected chi connectivity index (χ2v) is 3.96. The lowest BCUT2D eigenvalue weighted by atomic mass is 10.0. The van der Waals surface area contributed by atoms with E-state index in [0.29, 0.717) is 21.8 Å². The first-order chi connectivity index (χ1) is 7.59. The van der Waals surface area contributed by atoms with E-state index in [1.807, 2.05) is 6.92 Å². The molecule has 0 aliphatic rings. The number of hydrogen-bond acceptors (Lipinski definition) is 2. The van der Waals surface area contributed by atoms with E-state index in [9.17, 15) is 4.39 Å². The SMILES string of the molecule is Cc1c(N)cncc1-c1ccc(Cl)cc1F. The first-order valence-corrected chi connectivity index (χ1v) is 5.13. The van der Waals surface area contributed by atoms with E-state index in [2.05, 4.69) is 4.98 Å². The summed E-state index contributed by atoms with van der Waals surface area (Å²) in [6, 6.07) is 4.54. The lowest BCUT2D eigenvalue weighted by molar-refractivity contribution is 0.631. The van der Waals surface area contributed by atoms with E-state index in [0.717, 1.165) is 5.56 Å². The Balaban J connectivity index is 2.63. The zero-order valence-electron chi connectivity index (χ0n) is 8.67. The number of benzene rings is 1. The number of rotatable bonds is 1. The Kier molecular flexibility index (Phi) is 2.79. The molecule has 2 N–H and O–H groups in total. The van der Waals surface area contributed by atoms with E-state index in [1.54, 1.807) is 24.5 Å². The number of pyridine rings is 1. The monoisotopic (exact) mass is 236 g/mol. The van der Waals surface area contributed by atoms with Crippen molar-refractivity contribution in [3.05, 3.63) is 47.0 Å². The van der Waals surface area contributed by atoms with Crippen molar-refractivity contribution in [3.8, 4) is 11.1 Å². The van der Waals surface area contributed by atoms with Gasteiger partial charge >= 0.3 is 0 Å². The van der Waals surface area contributed by atoms with Crippen LogP contribution in [0.25, 0.3) is 11.1 Å². The summed E-state index contributed by atoms with van der Waals surface area (Å²) in [5.74, 6) is -0.372. The summed E-state index contributed by atoms with van der Waals surface area (Å²) in [5, 5.41) is 0.371. The normalized spacial score (nSPS) is 10.4. The maximum Gasteiger partial charge on any atom is 0.132 e. The number of halogens is 2. The first kappa shape index (κ1) is 10.9. The van der Waals surface area contributed by atoms with Crippen LogP contribution in [0.1, 0.15) is 5.56 Å². The number of nitrogens with zero attached hydrogens (tertiary/aromatic N) is 1. The first-order valence-electron chi connectivity index (χ1n) is 4.75. The van der Waals surface area contributed by atoms with E-state index in [-0.39, 0.29) is 5.82 Å². The van der Waals surface area contributed by atoms with Crippen molar-refractivity contribution < 1.29 is 4.39 Å². The quantitative estimate of drug-likeness (QED) is 0.824. The summed E-state index contributed by atoms with van der Waals surface area (Å²) in [6.45, 7) is 1.83. The molecule has 0 bridgehead atoms. The number of anilines is 1. The maximum atomic E-state index is 13.7. The van der Waals surface area contributed by atoms with Crippen molar-refractivity contribution in [2.45, 2.75) is 6.92 Å². The zero-order chi connectivity index (χ0) is 11.7. The van der Waals surface area contributed by atoms with Gasteiger partial charge in [-0.1, -0.05) is 11.6 Å². The third kappa shape index (κ3) is 1.86. The lowest BCUT2D eigenvalue weighted by Gasteiger charge is -2.08. The third-order valence-electron chi connectivity index (χ3n) is 2.48. The average Bonchev–Trinajstić information content (AvgIpc) is 2.23. The van der Waals surface area contributed by atoms with Crippen LogP contribution in [0.2, 0.25) is 5.02 Å². The Hall–Kier alpha value is -1.61. The van der Waals surface area contributed by atoms with Crippen LogP contribution in [0, 0.1) is 12.7 Å². The summed E-state index contributed by atoms with van der Waals surface area (Å²) >= 11 is 5.70. The smallest absolute Gasteiger partial charge is 0.132 e. The highest BCUT2D eigenvalue weighted by Crippen LogP contribution is 2.29. The number of hydrogen-bond donors (Lipinski definition) is 1. The second kappa shape index (κ2) is 4.10. The van der Waals surface area contributed by atoms with Gasteiger partial charge in [0.25, 0.3) is 0 Å². The molecule has 1 heterocycles. The fourth-order valence-corrected chi connectivity index (χ4v) is 1.68. The van der Waals surface area contributed by atoms with Gasteiger partial charge in [0.1, 0.15) is 5.82 Å². The molecule has 0 saturated heterocycles. The molecule has 0 spiro atoms. The van der Waals surface area contributed by atoms with Crippen LogP contribution in [-0.2, 0) is 0 Å². The largest absolute Gasteiger partial charge is 0.397 e. The van der Waals surface area contributed by atoms with Gasteiger partial charge in [-0.15, -0.1) is 0 Å². The highest BCUT2D eigenvalue weighted by Gasteiger charge is 2.10. The summed E-state index contributed by atoms with van der Waals surface area (Å²) < 4.78 is 13.7. The number of nitrogens with two attached hydrogens (primary N) is 1. The van der Waals surface area contributed by atoms with Gasteiger partial charge in [-0.3, -0.25) is 4.98 Å². The highest BCUT2D eigenvalue weighted by molar-refractivity contribution is 6.30. The molecular weight excluding hydrogens is 227 g/mol. The Morgan fingerprint density at radius 1 is 1.25 bits per heavy atom. The lowest BCUT2D eigenvalue weighted by Crippen LogP contribution is -1.95. The predicted molar refractivity (Wildman–Crippen MR) is 63.8 cm³/mol. The molecular formula is C12H10ClFN2. The van der Waals surface area contributed by atoms with Gasteiger partial charge in [-0.2, -0.15) is 0 Å². The minimum Gasteiger partial charge on any atom is -0.397 e. The molecule has 2 nitrogen and oxygen atoms in total. The summed E-state index contributed by atoms with van der Waals surface area (Å²) in [7, 11) is 0. The number of aromatic nitrogens is 1. The van der Waals surface area contributed by atoms with Gasteiger partial charge in [-0.05, 0) is 30.7 Å². The van der Waals surface area contributed by atoms with Crippen molar-refractivity contribution in [2.24, 2.45) is 0 Å². The molecule has 0 unspecified atom stereocenters. The molecule has 0 radical (unpaired) electrons. The second-order valence-electron chi connectivity index (χ2n) is 3.53. The van der Waals surface area contributed by atoms with Crippen molar-refractivity contribution >= 4 is 17.3 Å². The van der Waals surface area contributed by atoms with Gasteiger partial charge in [0.05, 0.1) is 11.9 Å². The standard InChI is InChI=1S/C12H10ClFN2/c1-7-10(5-16-6-12(7)15)9-3-2-8(13)4-11(9)14/h2-6H,15H2,1H3. The molecule has 0 fully saturated rings. The molecule has 0 saturated carbocycles. The fourth-order valence-electron chi connectivity index (χ4n) is 1.52. The van der Waals surface area contributed by atoms with Crippen molar-refractivity contribution in [2.75, 3.05) is 5.73 Å². The molecule has 0 aliphatic carbocycles. The van der Waals surface area contributed by atoms with Crippen molar-refractivity contribution in [1.82, 2.24) is 4.98 Å². The molecule has 2 rings (SSSR count). The molecule has 1 aromatic heterocycles. The van der Waals surface area contributed by atoms with Crippen LogP contribution in [0.15, 0.2) is 30.6 Å². The highest BCUT2D eigenvalue weighted by atomic mass is 35.5. The fraction of sp³-hybridized carbons (Fsp3) is 0.0833. The Morgan fingerprint density at radius 3 is 2.69 bits per heavy atom. The Bertz CT molecular complexity index is 541. The predicted octanol–water partition coefficient (Wildman–Crippen LogP) is 3.43.